The molecule has 1 saturated heterocycles. The van der Waals surface area contributed by atoms with E-state index in [0.717, 1.165) is 26.2 Å². The quantitative estimate of drug-likeness (QED) is 0.910. The molecule has 1 aliphatic rings. The van der Waals surface area contributed by atoms with Crippen LogP contribution in [-0.2, 0) is 7.05 Å². The van der Waals surface area contributed by atoms with Gasteiger partial charge in [0.05, 0.1) is 16.5 Å². The van der Waals surface area contributed by atoms with Crippen molar-refractivity contribution in [3.63, 3.8) is 0 Å². The molecule has 7 heteroatoms. The van der Waals surface area contributed by atoms with Gasteiger partial charge in [-0.25, -0.2) is 9.78 Å². The number of hydrogen-bond acceptors (Lipinski definition) is 5. The molecule has 1 N–H and O–H groups in total. The SMILES string of the molecule is CC(C)N1CCN(c2nc3cc(C(=O)O)ccc3c(=O)n2C)CC1. The molecule has 1 aromatic carbocycles. The second kappa shape index (κ2) is 6.24. The number of aromatic nitrogens is 2. The molecule has 3 rings (SSSR count). The summed E-state index contributed by atoms with van der Waals surface area (Å²) in [5, 5.41) is 9.58. The third kappa shape index (κ3) is 2.87. The van der Waals surface area contributed by atoms with Gasteiger partial charge in [0.15, 0.2) is 0 Å². The highest BCUT2D eigenvalue weighted by Crippen LogP contribution is 2.18. The Balaban J connectivity index is 2.00. The Morgan fingerprint density at radius 2 is 1.88 bits per heavy atom. The molecule has 0 unspecified atom stereocenters. The Labute approximate surface area is 140 Å². The molecule has 24 heavy (non-hydrogen) atoms. The lowest BCUT2D eigenvalue weighted by Gasteiger charge is -2.37. The van der Waals surface area contributed by atoms with Crippen molar-refractivity contribution >= 4 is 22.8 Å². The van der Waals surface area contributed by atoms with Crippen LogP contribution in [0.2, 0.25) is 0 Å². The molecule has 1 aromatic heterocycles. The van der Waals surface area contributed by atoms with E-state index in [2.05, 4.69) is 28.6 Å². The molecule has 7 nitrogen and oxygen atoms in total. The number of carbonyl (C=O) groups is 1. The Morgan fingerprint density at radius 1 is 1.21 bits per heavy atom. The Kier molecular flexibility index (Phi) is 4.28. The molecule has 0 saturated carbocycles. The van der Waals surface area contributed by atoms with Crippen LogP contribution in [0.25, 0.3) is 10.9 Å². The number of carboxylic acid groups (broad SMARTS) is 1. The largest absolute Gasteiger partial charge is 0.478 e. The van der Waals surface area contributed by atoms with Gasteiger partial charge < -0.3 is 10.0 Å². The van der Waals surface area contributed by atoms with E-state index >= 15 is 0 Å². The predicted molar refractivity (Wildman–Crippen MR) is 92.9 cm³/mol. The van der Waals surface area contributed by atoms with Crippen LogP contribution in [-0.4, -0.2) is 57.7 Å². The van der Waals surface area contributed by atoms with Gasteiger partial charge in [0.1, 0.15) is 0 Å². The van der Waals surface area contributed by atoms with E-state index < -0.39 is 5.97 Å². The van der Waals surface area contributed by atoms with Gasteiger partial charge in [0.25, 0.3) is 5.56 Å². The molecular weight excluding hydrogens is 308 g/mol. The summed E-state index contributed by atoms with van der Waals surface area (Å²) in [6, 6.07) is 4.94. The molecule has 2 aromatic rings. The van der Waals surface area contributed by atoms with Crippen LogP contribution in [0.4, 0.5) is 5.95 Å². The summed E-state index contributed by atoms with van der Waals surface area (Å²) in [5.41, 5.74) is 0.413. The molecule has 1 aliphatic heterocycles. The summed E-state index contributed by atoms with van der Waals surface area (Å²) in [6.45, 7) is 7.77. The van der Waals surface area contributed by atoms with E-state index in [1.54, 1.807) is 11.6 Å². The first-order valence-electron chi connectivity index (χ1n) is 8.11. The number of rotatable bonds is 3. The van der Waals surface area contributed by atoms with Gasteiger partial charge >= 0.3 is 5.97 Å². The molecule has 0 amide bonds. The predicted octanol–water partition coefficient (Wildman–Crippen LogP) is 1.16. The highest BCUT2D eigenvalue weighted by molar-refractivity contribution is 5.93. The maximum Gasteiger partial charge on any atom is 0.335 e. The maximum absolute atomic E-state index is 12.6. The molecule has 0 bridgehead atoms. The number of carboxylic acids is 1. The van der Waals surface area contributed by atoms with Gasteiger partial charge in [-0.15, -0.1) is 0 Å². The topological polar surface area (TPSA) is 78.7 Å². The summed E-state index contributed by atoms with van der Waals surface area (Å²) in [7, 11) is 1.71. The second-order valence-electron chi connectivity index (χ2n) is 6.43. The van der Waals surface area contributed by atoms with Crippen molar-refractivity contribution in [2.45, 2.75) is 19.9 Å². The third-order valence-corrected chi connectivity index (χ3v) is 4.63. The van der Waals surface area contributed by atoms with Crippen molar-refractivity contribution in [1.82, 2.24) is 14.5 Å². The monoisotopic (exact) mass is 330 g/mol. The van der Waals surface area contributed by atoms with Crippen molar-refractivity contribution in [3.8, 4) is 0 Å². The van der Waals surface area contributed by atoms with Gasteiger partial charge in [-0.3, -0.25) is 14.3 Å². The fraction of sp³-hybridized carbons (Fsp3) is 0.471. The summed E-state index contributed by atoms with van der Waals surface area (Å²) in [6.07, 6.45) is 0. The van der Waals surface area contributed by atoms with E-state index in [1.165, 1.54) is 18.2 Å². The Hall–Kier alpha value is -2.41. The van der Waals surface area contributed by atoms with E-state index in [1.807, 2.05) is 0 Å². The Morgan fingerprint density at radius 3 is 2.46 bits per heavy atom. The zero-order valence-electron chi connectivity index (χ0n) is 14.2. The summed E-state index contributed by atoms with van der Waals surface area (Å²) in [5.74, 6) is -0.426. The number of aromatic carboxylic acids is 1. The van der Waals surface area contributed by atoms with Crippen LogP contribution in [0, 0.1) is 0 Å². The number of fused-ring (bicyclic) bond motifs is 1. The van der Waals surface area contributed by atoms with Gasteiger partial charge in [-0.2, -0.15) is 0 Å². The average Bonchev–Trinajstić information content (AvgIpc) is 2.57. The van der Waals surface area contributed by atoms with Crippen LogP contribution in [0.3, 0.4) is 0 Å². The normalized spacial score (nSPS) is 16.1. The van der Waals surface area contributed by atoms with Gasteiger partial charge in [0, 0.05) is 39.3 Å². The van der Waals surface area contributed by atoms with E-state index in [9.17, 15) is 9.59 Å². The van der Waals surface area contributed by atoms with Crippen molar-refractivity contribution in [2.24, 2.45) is 7.05 Å². The molecule has 0 aliphatic carbocycles. The molecule has 0 radical (unpaired) electrons. The van der Waals surface area contributed by atoms with Crippen LogP contribution < -0.4 is 10.5 Å². The molecule has 0 atom stereocenters. The van der Waals surface area contributed by atoms with Gasteiger partial charge in [-0.1, -0.05) is 0 Å². The zero-order chi connectivity index (χ0) is 17.4. The molecule has 1 fully saturated rings. The van der Waals surface area contributed by atoms with Crippen molar-refractivity contribution in [1.29, 1.82) is 0 Å². The molecular formula is C17H22N4O3. The van der Waals surface area contributed by atoms with Crippen molar-refractivity contribution in [3.05, 3.63) is 34.1 Å². The number of anilines is 1. The first-order valence-corrected chi connectivity index (χ1v) is 8.11. The minimum atomic E-state index is -1.02. The third-order valence-electron chi connectivity index (χ3n) is 4.63. The first kappa shape index (κ1) is 16.4. The second-order valence-corrected chi connectivity index (χ2v) is 6.43. The smallest absolute Gasteiger partial charge is 0.335 e. The molecule has 2 heterocycles. The van der Waals surface area contributed by atoms with E-state index in [-0.39, 0.29) is 11.1 Å². The first-order chi connectivity index (χ1) is 11.4. The number of piperazine rings is 1. The standard InChI is InChI=1S/C17H22N4O3/c1-11(2)20-6-8-21(9-7-20)17-18-14-10-12(16(23)24)4-5-13(14)15(22)19(17)3/h4-5,10-11H,6-9H2,1-3H3,(H,23,24). The van der Waals surface area contributed by atoms with Gasteiger partial charge in [0.2, 0.25) is 5.95 Å². The fourth-order valence-corrected chi connectivity index (χ4v) is 3.11. The summed E-state index contributed by atoms with van der Waals surface area (Å²) >= 11 is 0. The lowest BCUT2D eigenvalue weighted by atomic mass is 10.1. The highest BCUT2D eigenvalue weighted by Gasteiger charge is 2.22. The summed E-state index contributed by atoms with van der Waals surface area (Å²) < 4.78 is 1.55. The molecule has 0 spiro atoms. The maximum atomic E-state index is 12.6. The van der Waals surface area contributed by atoms with Gasteiger partial charge in [-0.05, 0) is 32.0 Å². The zero-order valence-corrected chi connectivity index (χ0v) is 14.2. The highest BCUT2D eigenvalue weighted by atomic mass is 16.4. The minimum absolute atomic E-state index is 0.138. The number of hydrogen-bond donors (Lipinski definition) is 1. The van der Waals surface area contributed by atoms with E-state index in [4.69, 9.17) is 5.11 Å². The van der Waals surface area contributed by atoms with Crippen LogP contribution in [0.15, 0.2) is 23.0 Å². The number of nitrogens with zero attached hydrogens (tertiary/aromatic N) is 4. The molecule has 128 valence electrons. The Bertz CT molecular complexity index is 836. The minimum Gasteiger partial charge on any atom is -0.478 e. The van der Waals surface area contributed by atoms with Crippen LogP contribution >= 0.6 is 0 Å². The average molecular weight is 330 g/mol. The van der Waals surface area contributed by atoms with Crippen molar-refractivity contribution in [2.75, 3.05) is 31.1 Å². The van der Waals surface area contributed by atoms with E-state index in [0.29, 0.717) is 22.9 Å². The fourth-order valence-electron chi connectivity index (χ4n) is 3.11. The van der Waals surface area contributed by atoms with Crippen LogP contribution in [0.5, 0.6) is 0 Å². The van der Waals surface area contributed by atoms with Crippen molar-refractivity contribution < 1.29 is 9.90 Å². The summed E-state index contributed by atoms with van der Waals surface area (Å²) in [4.78, 5) is 32.8. The lowest BCUT2D eigenvalue weighted by molar-refractivity contribution is 0.0697. The lowest BCUT2D eigenvalue weighted by Crippen LogP contribution is -2.50. The van der Waals surface area contributed by atoms with Crippen LogP contribution in [0.1, 0.15) is 24.2 Å². The number of benzene rings is 1.